The van der Waals surface area contributed by atoms with E-state index in [-0.39, 0.29) is 11.8 Å². The predicted octanol–water partition coefficient (Wildman–Crippen LogP) is 4.74. The lowest BCUT2D eigenvalue weighted by atomic mass is 10.0. The van der Waals surface area contributed by atoms with E-state index < -0.39 is 5.97 Å². The Hall–Kier alpha value is -3.28. The van der Waals surface area contributed by atoms with E-state index in [2.05, 4.69) is 10.6 Å². The van der Waals surface area contributed by atoms with E-state index in [4.69, 9.17) is 9.47 Å². The molecule has 1 aromatic carbocycles. The highest BCUT2D eigenvalue weighted by atomic mass is 16.5. The lowest BCUT2D eigenvalue weighted by molar-refractivity contribution is -0.136. The van der Waals surface area contributed by atoms with E-state index in [0.29, 0.717) is 23.4 Å². The molecule has 170 valence electrons. The number of amides is 1. The van der Waals surface area contributed by atoms with Crippen molar-refractivity contribution in [3.05, 3.63) is 63.6 Å². The summed E-state index contributed by atoms with van der Waals surface area (Å²) in [5, 5.41) is 0. The SMILES string of the molecule is COC(=O)C1=C(C)N(CC(C)C)C(=O)/C1=C\c1cc(C)n(-c2cc(C)ccc2OC)c1C. The number of aryl methyl sites for hydroxylation is 2. The smallest absolute Gasteiger partial charge is 0.340 e. The molecular weight excluding hydrogens is 404 g/mol. The molecule has 0 saturated carbocycles. The van der Waals surface area contributed by atoms with Gasteiger partial charge in [0, 0.05) is 23.6 Å². The second kappa shape index (κ2) is 9.07. The van der Waals surface area contributed by atoms with E-state index in [1.807, 2.05) is 52.8 Å². The van der Waals surface area contributed by atoms with Crippen molar-refractivity contribution in [3.63, 3.8) is 0 Å². The third kappa shape index (κ3) is 4.09. The number of benzene rings is 1. The Morgan fingerprint density at radius 3 is 2.38 bits per heavy atom. The van der Waals surface area contributed by atoms with Gasteiger partial charge < -0.3 is 18.9 Å². The quantitative estimate of drug-likeness (QED) is 0.485. The zero-order valence-corrected chi connectivity index (χ0v) is 20.2. The fraction of sp³-hybridized carbons (Fsp3) is 0.385. The van der Waals surface area contributed by atoms with Crippen LogP contribution in [0.4, 0.5) is 0 Å². The number of ether oxygens (including phenoxy) is 2. The average molecular weight is 437 g/mol. The minimum Gasteiger partial charge on any atom is -0.495 e. The monoisotopic (exact) mass is 436 g/mol. The molecule has 1 aromatic heterocycles. The molecule has 3 rings (SSSR count). The van der Waals surface area contributed by atoms with Crippen LogP contribution in [0.3, 0.4) is 0 Å². The van der Waals surface area contributed by atoms with Crippen LogP contribution in [-0.2, 0) is 14.3 Å². The average Bonchev–Trinajstić information content (AvgIpc) is 3.14. The van der Waals surface area contributed by atoms with E-state index in [1.54, 1.807) is 25.0 Å². The number of carbonyl (C=O) groups is 2. The van der Waals surface area contributed by atoms with Crippen molar-refractivity contribution in [1.29, 1.82) is 0 Å². The Kier molecular flexibility index (Phi) is 6.63. The van der Waals surface area contributed by atoms with E-state index >= 15 is 0 Å². The number of aromatic nitrogens is 1. The van der Waals surface area contributed by atoms with Gasteiger partial charge in [-0.2, -0.15) is 0 Å². The molecule has 6 heteroatoms. The van der Waals surface area contributed by atoms with Crippen LogP contribution in [0.25, 0.3) is 11.8 Å². The maximum absolute atomic E-state index is 13.3. The third-order valence-electron chi connectivity index (χ3n) is 5.79. The number of allylic oxidation sites excluding steroid dienone is 1. The van der Waals surface area contributed by atoms with Crippen molar-refractivity contribution in [1.82, 2.24) is 9.47 Å². The van der Waals surface area contributed by atoms with Crippen LogP contribution in [0.2, 0.25) is 0 Å². The van der Waals surface area contributed by atoms with Crippen LogP contribution in [0.15, 0.2) is 41.1 Å². The Balaban J connectivity index is 2.16. The first-order chi connectivity index (χ1) is 15.1. The first kappa shape index (κ1) is 23.4. The number of methoxy groups -OCH3 is 2. The van der Waals surface area contributed by atoms with Gasteiger partial charge in [0.15, 0.2) is 0 Å². The molecular formula is C26H32N2O4. The molecule has 0 bridgehead atoms. The molecule has 2 heterocycles. The Morgan fingerprint density at radius 2 is 1.78 bits per heavy atom. The van der Waals surface area contributed by atoms with E-state index in [0.717, 1.165) is 34.0 Å². The fourth-order valence-corrected chi connectivity index (χ4v) is 4.25. The molecule has 0 spiro atoms. The first-order valence-corrected chi connectivity index (χ1v) is 10.8. The lowest BCUT2D eigenvalue weighted by Crippen LogP contribution is -2.28. The molecule has 1 amide bonds. The van der Waals surface area contributed by atoms with Crippen LogP contribution in [-0.4, -0.2) is 42.1 Å². The maximum Gasteiger partial charge on any atom is 0.340 e. The summed E-state index contributed by atoms with van der Waals surface area (Å²) in [6.07, 6.45) is 1.81. The molecule has 2 aromatic rings. The number of nitrogens with zero attached hydrogens (tertiary/aromatic N) is 2. The summed E-state index contributed by atoms with van der Waals surface area (Å²) >= 11 is 0. The van der Waals surface area contributed by atoms with Crippen molar-refractivity contribution < 1.29 is 19.1 Å². The summed E-state index contributed by atoms with van der Waals surface area (Å²) < 4.78 is 12.7. The number of hydrogen-bond acceptors (Lipinski definition) is 4. The zero-order valence-electron chi connectivity index (χ0n) is 20.2. The topological polar surface area (TPSA) is 60.8 Å². The van der Waals surface area contributed by atoms with E-state index in [9.17, 15) is 9.59 Å². The van der Waals surface area contributed by atoms with Crippen molar-refractivity contribution in [2.45, 2.75) is 41.5 Å². The molecule has 0 atom stereocenters. The van der Waals surface area contributed by atoms with Gasteiger partial charge in [0.25, 0.3) is 5.91 Å². The molecule has 32 heavy (non-hydrogen) atoms. The highest BCUT2D eigenvalue weighted by molar-refractivity contribution is 6.16. The van der Waals surface area contributed by atoms with Crippen LogP contribution >= 0.6 is 0 Å². The summed E-state index contributed by atoms with van der Waals surface area (Å²) in [6.45, 7) is 12.5. The van der Waals surface area contributed by atoms with Crippen LogP contribution in [0.1, 0.15) is 43.3 Å². The Bertz CT molecular complexity index is 1130. The molecule has 0 radical (unpaired) electrons. The van der Waals surface area contributed by atoms with Gasteiger partial charge in [0.05, 0.1) is 31.1 Å². The third-order valence-corrected chi connectivity index (χ3v) is 5.79. The van der Waals surface area contributed by atoms with Crippen LogP contribution < -0.4 is 4.74 Å². The van der Waals surface area contributed by atoms with Crippen LogP contribution in [0, 0.1) is 26.7 Å². The van der Waals surface area contributed by atoms with Crippen molar-refractivity contribution in [2.75, 3.05) is 20.8 Å². The molecule has 0 unspecified atom stereocenters. The highest BCUT2D eigenvalue weighted by Gasteiger charge is 2.37. The van der Waals surface area contributed by atoms with Gasteiger partial charge in [-0.15, -0.1) is 0 Å². The van der Waals surface area contributed by atoms with E-state index in [1.165, 1.54) is 7.11 Å². The van der Waals surface area contributed by atoms with Gasteiger partial charge in [0.2, 0.25) is 0 Å². The molecule has 1 aliphatic rings. The first-order valence-electron chi connectivity index (χ1n) is 10.8. The van der Waals surface area contributed by atoms with Crippen molar-refractivity contribution in [2.24, 2.45) is 5.92 Å². The van der Waals surface area contributed by atoms with Crippen molar-refractivity contribution >= 4 is 18.0 Å². The minimum absolute atomic E-state index is 0.172. The lowest BCUT2D eigenvalue weighted by Gasteiger charge is -2.19. The van der Waals surface area contributed by atoms with Gasteiger partial charge in [0.1, 0.15) is 5.75 Å². The molecule has 0 N–H and O–H groups in total. The number of esters is 1. The largest absolute Gasteiger partial charge is 0.495 e. The number of hydrogen-bond donors (Lipinski definition) is 0. The second-order valence-corrected chi connectivity index (χ2v) is 8.66. The van der Waals surface area contributed by atoms with Gasteiger partial charge >= 0.3 is 5.97 Å². The summed E-state index contributed by atoms with van der Waals surface area (Å²) in [6, 6.07) is 8.06. The normalized spacial score (nSPS) is 15.3. The molecule has 6 nitrogen and oxygen atoms in total. The second-order valence-electron chi connectivity index (χ2n) is 8.66. The van der Waals surface area contributed by atoms with Gasteiger partial charge in [-0.3, -0.25) is 4.79 Å². The number of carbonyl (C=O) groups excluding carboxylic acids is 2. The summed E-state index contributed by atoms with van der Waals surface area (Å²) in [7, 11) is 2.99. The number of rotatable bonds is 6. The Morgan fingerprint density at radius 1 is 1.09 bits per heavy atom. The zero-order chi connectivity index (χ0) is 23.7. The predicted molar refractivity (Wildman–Crippen MR) is 126 cm³/mol. The molecule has 0 fully saturated rings. The maximum atomic E-state index is 13.3. The Labute approximate surface area is 190 Å². The summed E-state index contributed by atoms with van der Waals surface area (Å²) in [4.78, 5) is 27.5. The summed E-state index contributed by atoms with van der Waals surface area (Å²) in [5.74, 6) is 0.366. The minimum atomic E-state index is -0.498. The fourth-order valence-electron chi connectivity index (χ4n) is 4.25. The van der Waals surface area contributed by atoms with Gasteiger partial charge in [-0.25, -0.2) is 4.79 Å². The van der Waals surface area contributed by atoms with Gasteiger partial charge in [-0.1, -0.05) is 19.9 Å². The van der Waals surface area contributed by atoms with Crippen LogP contribution in [0.5, 0.6) is 5.75 Å². The standard InChI is InChI=1S/C26H32N2O4/c1-15(2)14-27-19(6)24(26(30)32-8)21(25(27)29)13-20-12-17(4)28(18(20)5)22-11-16(3)9-10-23(22)31-7/h9-13,15H,14H2,1-8H3/b21-13-. The highest BCUT2D eigenvalue weighted by Crippen LogP contribution is 2.35. The molecule has 0 aliphatic carbocycles. The molecule has 0 saturated heterocycles. The van der Waals surface area contributed by atoms with Gasteiger partial charge in [-0.05, 0) is 69.0 Å². The van der Waals surface area contributed by atoms with Crippen molar-refractivity contribution in [3.8, 4) is 11.4 Å². The summed E-state index contributed by atoms with van der Waals surface area (Å²) in [5.41, 5.74) is 6.22. The molecule has 1 aliphatic heterocycles.